The van der Waals surface area contributed by atoms with Crippen molar-refractivity contribution in [2.24, 2.45) is 10.8 Å². The molecule has 0 radical (unpaired) electrons. The van der Waals surface area contributed by atoms with Crippen LogP contribution < -0.4 is 20.1 Å². The highest BCUT2D eigenvalue weighted by molar-refractivity contribution is 7.90. The first-order chi connectivity index (χ1) is 17.5. The van der Waals surface area contributed by atoms with Gasteiger partial charge in [0.25, 0.3) is 20.0 Å². The minimum atomic E-state index is -4.03. The van der Waals surface area contributed by atoms with Gasteiger partial charge in [0, 0.05) is 12.6 Å². The Morgan fingerprint density at radius 3 is 1.68 bits per heavy atom. The zero-order chi connectivity index (χ0) is 28.4. The summed E-state index contributed by atoms with van der Waals surface area (Å²) in [4.78, 5) is 25.1. The van der Waals surface area contributed by atoms with Crippen LogP contribution in [0, 0.1) is 24.7 Å². The van der Waals surface area contributed by atoms with Crippen LogP contribution in [0.15, 0.2) is 58.3 Å². The minimum absolute atomic E-state index is 0.0112. The highest BCUT2D eigenvalue weighted by Gasteiger charge is 2.42. The average molecular weight is 565 g/mol. The second kappa shape index (κ2) is 10.9. The molecular formula is C26H36N4O6S2. The van der Waals surface area contributed by atoms with Crippen molar-refractivity contribution in [3.8, 4) is 0 Å². The summed E-state index contributed by atoms with van der Waals surface area (Å²) < 4.78 is 54.3. The van der Waals surface area contributed by atoms with Crippen LogP contribution in [0.1, 0.15) is 51.2 Å². The summed E-state index contributed by atoms with van der Waals surface area (Å²) in [5.41, 5.74) is 1.07. The summed E-state index contributed by atoms with van der Waals surface area (Å²) in [5.74, 6) is 0. The molecule has 0 aliphatic heterocycles. The zero-order valence-electron chi connectivity index (χ0n) is 22.3. The van der Waals surface area contributed by atoms with Crippen LogP contribution in [0.4, 0.5) is 9.59 Å². The van der Waals surface area contributed by atoms with E-state index in [0.717, 1.165) is 11.1 Å². The molecule has 1 aliphatic carbocycles. The maximum atomic E-state index is 12.6. The van der Waals surface area contributed by atoms with E-state index < -0.39 is 37.5 Å². The molecule has 38 heavy (non-hydrogen) atoms. The van der Waals surface area contributed by atoms with Crippen LogP contribution in [-0.2, 0) is 20.0 Å². The van der Waals surface area contributed by atoms with Crippen LogP contribution in [0.2, 0.25) is 0 Å². The Hall–Kier alpha value is -3.12. The molecule has 0 bridgehead atoms. The number of benzene rings is 2. The summed E-state index contributed by atoms with van der Waals surface area (Å²) in [6, 6.07) is 10.3. The Balaban J connectivity index is 1.61. The average Bonchev–Trinajstić information content (AvgIpc) is 2.76. The Kier molecular flexibility index (Phi) is 8.47. The third-order valence-corrected chi connectivity index (χ3v) is 9.26. The normalized spacial score (nSPS) is 21.2. The quantitative estimate of drug-likeness (QED) is 0.404. The van der Waals surface area contributed by atoms with Gasteiger partial charge in [-0.25, -0.2) is 35.9 Å². The van der Waals surface area contributed by atoms with Gasteiger partial charge in [-0.3, -0.25) is 0 Å². The van der Waals surface area contributed by atoms with Crippen molar-refractivity contribution in [3.63, 3.8) is 0 Å². The van der Waals surface area contributed by atoms with Gasteiger partial charge in [-0.2, -0.15) is 0 Å². The van der Waals surface area contributed by atoms with E-state index in [4.69, 9.17) is 0 Å². The third kappa shape index (κ3) is 7.94. The van der Waals surface area contributed by atoms with Crippen molar-refractivity contribution in [2.45, 2.75) is 69.7 Å². The molecule has 1 fully saturated rings. The van der Waals surface area contributed by atoms with Gasteiger partial charge in [-0.1, -0.05) is 56.2 Å². The molecule has 3 rings (SSSR count). The number of hydrogen-bond donors (Lipinski definition) is 4. The monoisotopic (exact) mass is 564 g/mol. The molecule has 0 saturated heterocycles. The Labute approximate surface area is 225 Å². The summed E-state index contributed by atoms with van der Waals surface area (Å²) in [6.07, 6.45) is 1.76. The standard InChI is InChI=1S/C26H36N4O6S2/c1-18-6-10-21(11-7-18)37(33,34)29-23(31)27-17-26(5)15-20(14-25(3,4)16-26)28-24(32)30-38(35,36)22-12-8-19(2)9-13-22/h6-13,20H,14-17H2,1-5H3,(H2,27,29,31)(H2,28,30,32)/t20-,26+/m1/s1. The Morgan fingerprint density at radius 2 is 1.21 bits per heavy atom. The van der Waals surface area contributed by atoms with E-state index in [1.807, 2.05) is 39.3 Å². The van der Waals surface area contributed by atoms with Gasteiger partial charge in [0.05, 0.1) is 9.79 Å². The summed E-state index contributed by atoms with van der Waals surface area (Å²) in [7, 11) is -8.06. The van der Waals surface area contributed by atoms with Crippen molar-refractivity contribution in [1.29, 1.82) is 0 Å². The van der Waals surface area contributed by atoms with Crippen molar-refractivity contribution < 1.29 is 26.4 Å². The molecule has 10 nitrogen and oxygen atoms in total. The second-order valence-electron chi connectivity index (χ2n) is 11.3. The van der Waals surface area contributed by atoms with Crippen LogP contribution in [0.5, 0.6) is 0 Å². The van der Waals surface area contributed by atoms with Crippen LogP contribution in [-0.4, -0.2) is 41.5 Å². The number of carbonyl (C=O) groups is 2. The first-order valence-electron chi connectivity index (χ1n) is 12.3. The van der Waals surface area contributed by atoms with Crippen molar-refractivity contribution in [1.82, 2.24) is 20.1 Å². The first kappa shape index (κ1) is 29.4. The second-order valence-corrected chi connectivity index (χ2v) is 14.6. The molecule has 4 amide bonds. The molecule has 2 aromatic rings. The zero-order valence-corrected chi connectivity index (χ0v) is 23.9. The highest BCUT2D eigenvalue weighted by Crippen LogP contribution is 2.45. The molecule has 2 atom stereocenters. The van der Waals surface area contributed by atoms with Gasteiger partial charge in [0.2, 0.25) is 0 Å². The molecule has 0 aromatic heterocycles. The van der Waals surface area contributed by atoms with Crippen molar-refractivity contribution >= 4 is 32.1 Å². The number of urea groups is 2. The predicted octanol–water partition coefficient (Wildman–Crippen LogP) is 3.56. The number of sulfonamides is 2. The van der Waals surface area contributed by atoms with Crippen LogP contribution in [0.25, 0.3) is 0 Å². The lowest BCUT2D eigenvalue weighted by atomic mass is 9.62. The van der Waals surface area contributed by atoms with Crippen molar-refractivity contribution in [2.75, 3.05) is 6.54 Å². The van der Waals surface area contributed by atoms with Gasteiger partial charge in [-0.15, -0.1) is 0 Å². The number of aryl methyl sites for hydroxylation is 2. The number of amides is 4. The molecule has 208 valence electrons. The van der Waals surface area contributed by atoms with E-state index in [1.165, 1.54) is 24.3 Å². The summed E-state index contributed by atoms with van der Waals surface area (Å²) in [6.45, 7) is 9.83. The van der Waals surface area contributed by atoms with E-state index >= 15 is 0 Å². The van der Waals surface area contributed by atoms with E-state index in [9.17, 15) is 26.4 Å². The Morgan fingerprint density at radius 1 is 0.763 bits per heavy atom. The fraction of sp³-hybridized carbons (Fsp3) is 0.462. The minimum Gasteiger partial charge on any atom is -0.337 e. The molecule has 1 saturated carbocycles. The fourth-order valence-electron chi connectivity index (χ4n) is 5.21. The molecule has 12 heteroatoms. The lowest BCUT2D eigenvalue weighted by molar-refractivity contribution is 0.0754. The van der Waals surface area contributed by atoms with E-state index in [1.54, 1.807) is 24.3 Å². The number of hydrogen-bond acceptors (Lipinski definition) is 6. The van der Waals surface area contributed by atoms with Crippen LogP contribution >= 0.6 is 0 Å². The molecule has 1 aliphatic rings. The topological polar surface area (TPSA) is 151 Å². The van der Waals surface area contributed by atoms with E-state index in [-0.39, 0.29) is 27.8 Å². The van der Waals surface area contributed by atoms with E-state index in [0.29, 0.717) is 19.3 Å². The molecule has 0 spiro atoms. The van der Waals surface area contributed by atoms with Gasteiger partial charge < -0.3 is 10.6 Å². The Bertz CT molecular complexity index is 1390. The number of rotatable bonds is 7. The van der Waals surface area contributed by atoms with Crippen molar-refractivity contribution in [3.05, 3.63) is 59.7 Å². The molecule has 0 heterocycles. The predicted molar refractivity (Wildman–Crippen MR) is 144 cm³/mol. The summed E-state index contributed by atoms with van der Waals surface area (Å²) in [5, 5.41) is 5.42. The molecule has 2 aromatic carbocycles. The highest BCUT2D eigenvalue weighted by atomic mass is 32.2. The molecule has 0 unspecified atom stereocenters. The number of nitrogens with one attached hydrogen (secondary N) is 4. The van der Waals surface area contributed by atoms with Gasteiger partial charge in [0.1, 0.15) is 0 Å². The maximum absolute atomic E-state index is 12.6. The molecule has 4 N–H and O–H groups in total. The first-order valence-corrected chi connectivity index (χ1v) is 15.2. The van der Waals surface area contributed by atoms with Gasteiger partial charge >= 0.3 is 12.1 Å². The number of carbonyl (C=O) groups excluding carboxylic acids is 2. The lowest BCUT2D eigenvalue weighted by Crippen LogP contribution is -2.53. The van der Waals surface area contributed by atoms with Gasteiger partial charge in [0.15, 0.2) is 0 Å². The lowest BCUT2D eigenvalue weighted by Gasteiger charge is -2.46. The fourth-order valence-corrected chi connectivity index (χ4v) is 7.06. The van der Waals surface area contributed by atoms with Crippen LogP contribution in [0.3, 0.4) is 0 Å². The van der Waals surface area contributed by atoms with Gasteiger partial charge in [-0.05, 0) is 68.2 Å². The third-order valence-electron chi connectivity index (χ3n) is 6.57. The van der Waals surface area contributed by atoms with E-state index in [2.05, 4.69) is 15.4 Å². The SMILES string of the molecule is Cc1ccc(S(=O)(=O)NC(=O)NC[C@@]2(C)C[C@H](NC(=O)NS(=O)(=O)c3ccc(C)cc3)CC(C)(C)C2)cc1. The molecular weight excluding hydrogens is 528 g/mol. The maximum Gasteiger partial charge on any atom is 0.328 e. The largest absolute Gasteiger partial charge is 0.337 e. The smallest absolute Gasteiger partial charge is 0.328 e. The summed E-state index contributed by atoms with van der Waals surface area (Å²) >= 11 is 0.